The average molecular weight is 155 g/mol. The van der Waals surface area contributed by atoms with E-state index in [2.05, 4.69) is 4.74 Å². The number of nitrogens with two attached hydrogens (primary N) is 1. The first-order chi connectivity index (χ1) is 5.24. The van der Waals surface area contributed by atoms with Crippen LogP contribution in [-0.4, -0.2) is 6.86 Å². The van der Waals surface area contributed by atoms with Gasteiger partial charge in [-0.05, 0) is 24.6 Å². The molecule has 0 radical (unpaired) electrons. The summed E-state index contributed by atoms with van der Waals surface area (Å²) in [5.74, 6) is 0.410. The van der Waals surface area contributed by atoms with Crippen LogP contribution < -0.4 is 10.5 Å². The summed E-state index contributed by atoms with van der Waals surface area (Å²) in [6, 6.07) is 5.25. The lowest BCUT2D eigenvalue weighted by Crippen LogP contribution is -1.95. The molecular formula is C8H10FNO. The molecule has 0 atom stereocenters. The van der Waals surface area contributed by atoms with Crippen LogP contribution in [0.3, 0.4) is 0 Å². The minimum Gasteiger partial charge on any atom is -0.461 e. The highest BCUT2D eigenvalue weighted by Gasteiger charge is 1.98. The zero-order chi connectivity index (χ0) is 8.27. The van der Waals surface area contributed by atoms with Crippen LogP contribution in [0.1, 0.15) is 5.56 Å². The van der Waals surface area contributed by atoms with Crippen LogP contribution in [0.5, 0.6) is 5.75 Å². The van der Waals surface area contributed by atoms with Crippen LogP contribution in [0.15, 0.2) is 18.2 Å². The summed E-state index contributed by atoms with van der Waals surface area (Å²) < 4.78 is 16.3. The first-order valence-corrected chi connectivity index (χ1v) is 3.29. The SMILES string of the molecule is Cc1ccc(N)c(OCF)c1. The van der Waals surface area contributed by atoms with E-state index in [1.54, 1.807) is 12.1 Å². The van der Waals surface area contributed by atoms with Crippen molar-refractivity contribution >= 4 is 5.69 Å². The van der Waals surface area contributed by atoms with Crippen LogP contribution >= 0.6 is 0 Å². The monoisotopic (exact) mass is 155 g/mol. The van der Waals surface area contributed by atoms with Gasteiger partial charge in [0.25, 0.3) is 0 Å². The van der Waals surface area contributed by atoms with Crippen molar-refractivity contribution in [2.24, 2.45) is 0 Å². The molecule has 0 aliphatic carbocycles. The Bertz CT molecular complexity index is 250. The fourth-order valence-electron chi connectivity index (χ4n) is 0.825. The van der Waals surface area contributed by atoms with Gasteiger partial charge < -0.3 is 10.5 Å². The Morgan fingerprint density at radius 1 is 1.55 bits per heavy atom. The molecule has 11 heavy (non-hydrogen) atoms. The minimum atomic E-state index is -0.840. The normalized spacial score (nSPS) is 9.64. The van der Waals surface area contributed by atoms with Crippen molar-refractivity contribution in [3.63, 3.8) is 0 Å². The summed E-state index contributed by atoms with van der Waals surface area (Å²) in [7, 11) is 0. The summed E-state index contributed by atoms with van der Waals surface area (Å²) in [5, 5.41) is 0. The zero-order valence-electron chi connectivity index (χ0n) is 6.30. The van der Waals surface area contributed by atoms with Crippen molar-refractivity contribution < 1.29 is 9.13 Å². The highest BCUT2D eigenvalue weighted by Crippen LogP contribution is 2.21. The van der Waals surface area contributed by atoms with Gasteiger partial charge in [-0.2, -0.15) is 0 Å². The number of benzene rings is 1. The molecule has 0 bridgehead atoms. The molecular weight excluding hydrogens is 145 g/mol. The predicted molar refractivity (Wildman–Crippen MR) is 42.2 cm³/mol. The third-order valence-electron chi connectivity index (χ3n) is 1.38. The van der Waals surface area contributed by atoms with Crippen LogP contribution in [0.25, 0.3) is 0 Å². The Kier molecular flexibility index (Phi) is 2.31. The molecule has 0 spiro atoms. The largest absolute Gasteiger partial charge is 0.461 e. The maximum absolute atomic E-state index is 11.7. The molecule has 1 aromatic carbocycles. The first-order valence-electron chi connectivity index (χ1n) is 3.29. The molecule has 60 valence electrons. The van der Waals surface area contributed by atoms with E-state index in [0.717, 1.165) is 5.56 Å². The van der Waals surface area contributed by atoms with Gasteiger partial charge in [-0.1, -0.05) is 6.07 Å². The molecule has 1 rings (SSSR count). The van der Waals surface area contributed by atoms with Crippen molar-refractivity contribution in [1.82, 2.24) is 0 Å². The highest BCUT2D eigenvalue weighted by atomic mass is 19.1. The molecule has 0 aliphatic heterocycles. The lowest BCUT2D eigenvalue weighted by molar-refractivity contribution is 0.192. The third-order valence-corrected chi connectivity index (χ3v) is 1.38. The molecule has 0 saturated heterocycles. The molecule has 3 heteroatoms. The summed E-state index contributed by atoms with van der Waals surface area (Å²) in [6.07, 6.45) is 0. The zero-order valence-corrected chi connectivity index (χ0v) is 6.30. The Balaban J connectivity index is 2.93. The molecule has 0 aliphatic rings. The van der Waals surface area contributed by atoms with Gasteiger partial charge in [0.15, 0.2) is 0 Å². The van der Waals surface area contributed by atoms with Crippen LogP contribution in [0.2, 0.25) is 0 Å². The van der Waals surface area contributed by atoms with Gasteiger partial charge in [0.05, 0.1) is 5.69 Å². The number of alkyl halides is 1. The van der Waals surface area contributed by atoms with Crippen LogP contribution in [0.4, 0.5) is 10.1 Å². The number of rotatable bonds is 2. The molecule has 0 fully saturated rings. The van der Waals surface area contributed by atoms with Crippen LogP contribution in [-0.2, 0) is 0 Å². The third kappa shape index (κ3) is 1.83. The van der Waals surface area contributed by atoms with Gasteiger partial charge >= 0.3 is 0 Å². The van der Waals surface area contributed by atoms with E-state index in [4.69, 9.17) is 5.73 Å². The molecule has 1 aromatic rings. The second kappa shape index (κ2) is 3.23. The van der Waals surface area contributed by atoms with Crippen molar-refractivity contribution in [2.45, 2.75) is 6.92 Å². The molecule has 0 heterocycles. The number of ether oxygens (including phenoxy) is 1. The number of hydrogen-bond donors (Lipinski definition) is 1. The van der Waals surface area contributed by atoms with Gasteiger partial charge in [0.2, 0.25) is 6.86 Å². The first kappa shape index (κ1) is 7.85. The molecule has 0 unspecified atom stereocenters. The van der Waals surface area contributed by atoms with Crippen molar-refractivity contribution in [1.29, 1.82) is 0 Å². The van der Waals surface area contributed by atoms with E-state index < -0.39 is 6.86 Å². The van der Waals surface area contributed by atoms with Gasteiger partial charge in [0.1, 0.15) is 5.75 Å². The summed E-state index contributed by atoms with van der Waals surface area (Å²) in [6.45, 7) is 1.05. The summed E-state index contributed by atoms with van der Waals surface area (Å²) in [4.78, 5) is 0. The number of nitrogen functional groups attached to an aromatic ring is 1. The van der Waals surface area contributed by atoms with Crippen LogP contribution in [0, 0.1) is 6.92 Å². The smallest absolute Gasteiger partial charge is 0.228 e. The topological polar surface area (TPSA) is 35.2 Å². The van der Waals surface area contributed by atoms with E-state index in [1.165, 1.54) is 0 Å². The molecule has 0 amide bonds. The molecule has 0 aromatic heterocycles. The van der Waals surface area contributed by atoms with E-state index in [0.29, 0.717) is 11.4 Å². The van der Waals surface area contributed by atoms with Crippen molar-refractivity contribution in [3.8, 4) is 5.75 Å². The van der Waals surface area contributed by atoms with Gasteiger partial charge in [-0.3, -0.25) is 0 Å². The standard InChI is InChI=1S/C8H10FNO/c1-6-2-3-7(10)8(4-6)11-5-9/h2-4H,5,10H2,1H3. The number of hydrogen-bond acceptors (Lipinski definition) is 2. The number of anilines is 1. The predicted octanol–water partition coefficient (Wildman–Crippen LogP) is 1.88. The van der Waals surface area contributed by atoms with Gasteiger partial charge in [-0.25, -0.2) is 4.39 Å². The Hall–Kier alpha value is -1.25. The maximum atomic E-state index is 11.7. The second-order valence-corrected chi connectivity index (χ2v) is 2.29. The average Bonchev–Trinajstić information content (AvgIpc) is 1.98. The highest BCUT2D eigenvalue weighted by molar-refractivity contribution is 5.53. The molecule has 2 nitrogen and oxygen atoms in total. The Labute approximate surface area is 64.8 Å². The fraction of sp³-hybridized carbons (Fsp3) is 0.250. The van der Waals surface area contributed by atoms with E-state index in [-0.39, 0.29) is 0 Å². The van der Waals surface area contributed by atoms with Gasteiger partial charge in [-0.15, -0.1) is 0 Å². The summed E-state index contributed by atoms with van der Waals surface area (Å²) in [5.41, 5.74) is 6.95. The number of aryl methyl sites for hydroxylation is 1. The maximum Gasteiger partial charge on any atom is 0.228 e. The number of halogens is 1. The Morgan fingerprint density at radius 3 is 2.91 bits per heavy atom. The lowest BCUT2D eigenvalue weighted by atomic mass is 10.2. The van der Waals surface area contributed by atoms with Gasteiger partial charge in [0, 0.05) is 0 Å². The molecule has 2 N–H and O–H groups in total. The minimum absolute atomic E-state index is 0.410. The molecule has 0 saturated carbocycles. The van der Waals surface area contributed by atoms with E-state index in [1.807, 2.05) is 13.0 Å². The quantitative estimate of drug-likeness (QED) is 0.662. The fourth-order valence-corrected chi connectivity index (χ4v) is 0.825. The van der Waals surface area contributed by atoms with Crippen molar-refractivity contribution in [2.75, 3.05) is 12.6 Å². The Morgan fingerprint density at radius 2 is 2.27 bits per heavy atom. The summed E-state index contributed by atoms with van der Waals surface area (Å²) >= 11 is 0. The van der Waals surface area contributed by atoms with E-state index >= 15 is 0 Å². The second-order valence-electron chi connectivity index (χ2n) is 2.29. The van der Waals surface area contributed by atoms with E-state index in [9.17, 15) is 4.39 Å². The lowest BCUT2D eigenvalue weighted by Gasteiger charge is -2.04. The van der Waals surface area contributed by atoms with Crippen molar-refractivity contribution in [3.05, 3.63) is 23.8 Å².